The van der Waals surface area contributed by atoms with Crippen LogP contribution in [0.5, 0.6) is 0 Å². The Morgan fingerprint density at radius 2 is 2.10 bits per heavy atom. The van der Waals surface area contributed by atoms with Crippen molar-refractivity contribution in [2.24, 2.45) is 17.3 Å². The molecule has 2 saturated heterocycles. The van der Waals surface area contributed by atoms with E-state index >= 15 is 0 Å². The summed E-state index contributed by atoms with van der Waals surface area (Å²) >= 11 is 0. The molecule has 1 amide bonds. The van der Waals surface area contributed by atoms with Gasteiger partial charge in [0.15, 0.2) is 0 Å². The zero-order valence-corrected chi connectivity index (χ0v) is 12.7. The van der Waals surface area contributed by atoms with Crippen molar-refractivity contribution in [3.8, 4) is 0 Å². The average molecular weight is 282 g/mol. The van der Waals surface area contributed by atoms with Crippen LogP contribution in [0.15, 0.2) is 0 Å². The van der Waals surface area contributed by atoms with Crippen LogP contribution < -0.4 is 5.32 Å². The molecule has 2 fully saturated rings. The first-order valence-electron chi connectivity index (χ1n) is 7.63. The highest BCUT2D eigenvalue weighted by atomic mass is 16.4. The predicted molar refractivity (Wildman–Crippen MR) is 76.3 cm³/mol. The first-order chi connectivity index (χ1) is 9.38. The first kappa shape index (κ1) is 15.3. The van der Waals surface area contributed by atoms with Gasteiger partial charge in [-0.05, 0) is 38.6 Å². The number of nitrogens with one attached hydrogen (secondary N) is 1. The molecule has 0 radical (unpaired) electrons. The molecule has 3 atom stereocenters. The summed E-state index contributed by atoms with van der Waals surface area (Å²) in [7, 11) is 0. The van der Waals surface area contributed by atoms with Gasteiger partial charge in [0.1, 0.15) is 0 Å². The molecule has 0 aromatic rings. The molecule has 0 aromatic heterocycles. The summed E-state index contributed by atoms with van der Waals surface area (Å²) in [5.74, 6) is -0.515. The molecule has 0 saturated carbocycles. The zero-order chi connectivity index (χ0) is 14.9. The number of nitrogens with zero attached hydrogens (tertiary/aromatic N) is 1. The third-order valence-corrected chi connectivity index (χ3v) is 5.21. The lowest BCUT2D eigenvalue weighted by atomic mass is 9.74. The lowest BCUT2D eigenvalue weighted by molar-refractivity contribution is -0.153. The van der Waals surface area contributed by atoms with Crippen molar-refractivity contribution in [3.05, 3.63) is 0 Å². The molecule has 0 aliphatic carbocycles. The SMILES string of the molecule is CC1CC(C(=O)O)CCN1C(=O)C1(C(C)C)CCNC1. The monoisotopic (exact) mass is 282 g/mol. The standard InChI is InChI=1S/C15H26N2O3/c1-10(2)15(5-6-16-9-15)14(20)17-7-4-12(13(18)19)8-11(17)3/h10-12,16H,4-9H2,1-3H3,(H,18,19). The number of hydrogen-bond donors (Lipinski definition) is 2. The molecule has 20 heavy (non-hydrogen) atoms. The van der Waals surface area contributed by atoms with Crippen LogP contribution in [0.1, 0.15) is 40.0 Å². The Balaban J connectivity index is 2.11. The number of aliphatic carboxylic acids is 1. The largest absolute Gasteiger partial charge is 0.481 e. The second-order valence-corrected chi connectivity index (χ2v) is 6.64. The quantitative estimate of drug-likeness (QED) is 0.819. The maximum absolute atomic E-state index is 13.0. The molecule has 0 aromatic carbocycles. The van der Waals surface area contributed by atoms with Gasteiger partial charge in [-0.15, -0.1) is 0 Å². The Labute approximate surface area is 120 Å². The summed E-state index contributed by atoms with van der Waals surface area (Å²) in [6.45, 7) is 8.41. The molecule has 2 rings (SSSR count). The molecule has 3 unspecified atom stereocenters. The van der Waals surface area contributed by atoms with Crippen molar-refractivity contribution in [2.75, 3.05) is 19.6 Å². The predicted octanol–water partition coefficient (Wildman–Crippen LogP) is 1.33. The van der Waals surface area contributed by atoms with E-state index in [1.807, 2.05) is 11.8 Å². The lowest BCUT2D eigenvalue weighted by Crippen LogP contribution is -2.54. The van der Waals surface area contributed by atoms with Gasteiger partial charge in [-0.2, -0.15) is 0 Å². The molecule has 2 N–H and O–H groups in total. The van der Waals surface area contributed by atoms with Gasteiger partial charge in [-0.1, -0.05) is 13.8 Å². The van der Waals surface area contributed by atoms with E-state index in [4.69, 9.17) is 5.11 Å². The Morgan fingerprint density at radius 3 is 2.55 bits per heavy atom. The van der Waals surface area contributed by atoms with E-state index in [1.54, 1.807) is 0 Å². The second kappa shape index (κ2) is 5.72. The highest BCUT2D eigenvalue weighted by molar-refractivity contribution is 5.84. The van der Waals surface area contributed by atoms with Gasteiger partial charge in [0.2, 0.25) is 5.91 Å². The fraction of sp³-hybridized carbons (Fsp3) is 0.867. The van der Waals surface area contributed by atoms with Crippen LogP contribution in [0.3, 0.4) is 0 Å². The van der Waals surface area contributed by atoms with Gasteiger partial charge in [-0.25, -0.2) is 0 Å². The molecule has 0 spiro atoms. The van der Waals surface area contributed by atoms with E-state index in [0.717, 1.165) is 19.5 Å². The minimum Gasteiger partial charge on any atom is -0.481 e. The van der Waals surface area contributed by atoms with Crippen molar-refractivity contribution in [2.45, 2.75) is 46.1 Å². The van der Waals surface area contributed by atoms with E-state index in [-0.39, 0.29) is 23.3 Å². The van der Waals surface area contributed by atoms with Crippen molar-refractivity contribution in [3.63, 3.8) is 0 Å². The van der Waals surface area contributed by atoms with E-state index in [2.05, 4.69) is 19.2 Å². The summed E-state index contributed by atoms with van der Waals surface area (Å²) in [4.78, 5) is 26.0. The maximum Gasteiger partial charge on any atom is 0.306 e. The molecular weight excluding hydrogens is 256 g/mol. The van der Waals surface area contributed by atoms with E-state index in [0.29, 0.717) is 25.3 Å². The lowest BCUT2D eigenvalue weighted by Gasteiger charge is -2.43. The Bertz CT molecular complexity index is 389. The van der Waals surface area contributed by atoms with Crippen molar-refractivity contribution in [1.29, 1.82) is 0 Å². The van der Waals surface area contributed by atoms with Crippen LogP contribution in [-0.4, -0.2) is 47.6 Å². The number of rotatable bonds is 3. The fourth-order valence-electron chi connectivity index (χ4n) is 3.62. The molecular formula is C15H26N2O3. The number of carbonyl (C=O) groups is 2. The van der Waals surface area contributed by atoms with E-state index in [9.17, 15) is 9.59 Å². The highest BCUT2D eigenvalue weighted by Gasteiger charge is 2.47. The minimum atomic E-state index is -0.731. The molecule has 2 aliphatic rings. The van der Waals surface area contributed by atoms with Crippen LogP contribution in [-0.2, 0) is 9.59 Å². The summed E-state index contributed by atoms with van der Waals surface area (Å²) in [6, 6.07) is 0.0218. The van der Waals surface area contributed by atoms with Crippen molar-refractivity contribution >= 4 is 11.9 Å². The van der Waals surface area contributed by atoms with Gasteiger partial charge in [0, 0.05) is 19.1 Å². The normalized spacial score (nSPS) is 34.5. The minimum absolute atomic E-state index is 0.0218. The molecule has 114 valence electrons. The van der Waals surface area contributed by atoms with Crippen LogP contribution in [0.4, 0.5) is 0 Å². The Hall–Kier alpha value is -1.10. The number of amides is 1. The molecule has 5 heteroatoms. The van der Waals surface area contributed by atoms with E-state index in [1.165, 1.54) is 0 Å². The topological polar surface area (TPSA) is 69.6 Å². The molecule has 2 heterocycles. The Kier molecular flexibility index (Phi) is 4.37. The number of carbonyl (C=O) groups excluding carboxylic acids is 1. The van der Waals surface area contributed by atoms with Crippen LogP contribution in [0, 0.1) is 17.3 Å². The van der Waals surface area contributed by atoms with Crippen LogP contribution >= 0.6 is 0 Å². The van der Waals surface area contributed by atoms with Crippen molar-refractivity contribution in [1.82, 2.24) is 10.2 Å². The summed E-state index contributed by atoms with van der Waals surface area (Å²) in [5.41, 5.74) is -0.301. The number of piperidine rings is 1. The van der Waals surface area contributed by atoms with Gasteiger partial charge in [0.25, 0.3) is 0 Å². The molecule has 5 nitrogen and oxygen atoms in total. The number of carboxylic acid groups (broad SMARTS) is 1. The average Bonchev–Trinajstić information content (AvgIpc) is 2.88. The summed E-state index contributed by atoms with van der Waals surface area (Å²) < 4.78 is 0. The number of likely N-dealkylation sites (tertiary alicyclic amines) is 1. The van der Waals surface area contributed by atoms with E-state index < -0.39 is 5.97 Å². The summed E-state index contributed by atoms with van der Waals surface area (Å²) in [5, 5.41) is 12.4. The van der Waals surface area contributed by atoms with Crippen LogP contribution in [0.25, 0.3) is 0 Å². The fourth-order valence-corrected chi connectivity index (χ4v) is 3.62. The maximum atomic E-state index is 13.0. The van der Waals surface area contributed by atoms with Crippen molar-refractivity contribution < 1.29 is 14.7 Å². The first-order valence-corrected chi connectivity index (χ1v) is 7.63. The molecule has 0 bridgehead atoms. The van der Waals surface area contributed by atoms with Gasteiger partial charge >= 0.3 is 5.97 Å². The zero-order valence-electron chi connectivity index (χ0n) is 12.7. The highest BCUT2D eigenvalue weighted by Crippen LogP contribution is 2.38. The van der Waals surface area contributed by atoms with Gasteiger partial charge < -0.3 is 15.3 Å². The Morgan fingerprint density at radius 1 is 1.40 bits per heavy atom. The smallest absolute Gasteiger partial charge is 0.306 e. The molecule has 2 aliphatic heterocycles. The third-order valence-electron chi connectivity index (χ3n) is 5.21. The second-order valence-electron chi connectivity index (χ2n) is 6.64. The van der Waals surface area contributed by atoms with Crippen LogP contribution in [0.2, 0.25) is 0 Å². The number of carboxylic acids is 1. The van der Waals surface area contributed by atoms with Gasteiger partial charge in [-0.3, -0.25) is 9.59 Å². The van der Waals surface area contributed by atoms with Gasteiger partial charge in [0.05, 0.1) is 11.3 Å². The number of hydrogen-bond acceptors (Lipinski definition) is 3. The summed E-state index contributed by atoms with van der Waals surface area (Å²) in [6.07, 6.45) is 2.03. The third kappa shape index (κ3) is 2.55.